The van der Waals surface area contributed by atoms with E-state index in [4.69, 9.17) is 4.74 Å². The summed E-state index contributed by atoms with van der Waals surface area (Å²) >= 11 is 0. The van der Waals surface area contributed by atoms with Gasteiger partial charge >= 0.3 is 0 Å². The molecule has 0 unspecified atom stereocenters. The standard InChI is InChI=1S/C17H29N5O/c1-4-9-22-10-7-15(8-11-22)21-17(18-2)20-13-14-5-6-16(23-3)19-12-14/h5-6,12,15H,4,7-11,13H2,1-3H3,(H2,18,20,21). The molecule has 1 aliphatic rings. The van der Waals surface area contributed by atoms with Crippen LogP contribution in [0, 0.1) is 0 Å². The lowest BCUT2D eigenvalue weighted by molar-refractivity contribution is 0.206. The number of pyridine rings is 1. The van der Waals surface area contributed by atoms with Crippen LogP contribution in [-0.2, 0) is 6.54 Å². The molecule has 0 aromatic carbocycles. The van der Waals surface area contributed by atoms with Crippen LogP contribution in [-0.4, -0.2) is 55.7 Å². The predicted octanol–water partition coefficient (Wildman–Crippen LogP) is 1.63. The van der Waals surface area contributed by atoms with E-state index in [9.17, 15) is 0 Å². The number of aromatic nitrogens is 1. The molecule has 6 nitrogen and oxygen atoms in total. The Labute approximate surface area is 139 Å². The lowest BCUT2D eigenvalue weighted by Gasteiger charge is -2.32. The maximum Gasteiger partial charge on any atom is 0.212 e. The van der Waals surface area contributed by atoms with Crippen LogP contribution < -0.4 is 15.4 Å². The monoisotopic (exact) mass is 319 g/mol. The molecule has 2 rings (SSSR count). The molecule has 0 saturated carbocycles. The predicted molar refractivity (Wildman–Crippen MR) is 93.9 cm³/mol. The van der Waals surface area contributed by atoms with Gasteiger partial charge in [0.05, 0.1) is 7.11 Å². The molecule has 0 aliphatic carbocycles. The minimum Gasteiger partial charge on any atom is -0.481 e. The summed E-state index contributed by atoms with van der Waals surface area (Å²) in [6.45, 7) is 6.50. The molecule has 2 N–H and O–H groups in total. The number of nitrogens with zero attached hydrogens (tertiary/aromatic N) is 3. The molecule has 0 amide bonds. The number of hydrogen-bond acceptors (Lipinski definition) is 4. The van der Waals surface area contributed by atoms with Crippen molar-refractivity contribution in [3.63, 3.8) is 0 Å². The number of hydrogen-bond donors (Lipinski definition) is 2. The smallest absolute Gasteiger partial charge is 0.212 e. The Morgan fingerprint density at radius 2 is 2.17 bits per heavy atom. The topological polar surface area (TPSA) is 61.8 Å². The van der Waals surface area contributed by atoms with Crippen LogP contribution in [0.2, 0.25) is 0 Å². The van der Waals surface area contributed by atoms with Crippen LogP contribution in [0.1, 0.15) is 31.7 Å². The second-order valence-corrected chi connectivity index (χ2v) is 5.89. The number of rotatable bonds is 6. The van der Waals surface area contributed by atoms with Crippen molar-refractivity contribution in [1.82, 2.24) is 20.5 Å². The van der Waals surface area contributed by atoms with E-state index in [1.54, 1.807) is 7.11 Å². The fourth-order valence-electron chi connectivity index (χ4n) is 2.83. The van der Waals surface area contributed by atoms with Gasteiger partial charge in [0.1, 0.15) is 0 Å². The highest BCUT2D eigenvalue weighted by molar-refractivity contribution is 5.79. The Morgan fingerprint density at radius 3 is 2.74 bits per heavy atom. The number of ether oxygens (including phenoxy) is 1. The summed E-state index contributed by atoms with van der Waals surface area (Å²) in [6.07, 6.45) is 5.40. The zero-order valence-electron chi connectivity index (χ0n) is 14.5. The largest absolute Gasteiger partial charge is 0.481 e. The summed E-state index contributed by atoms with van der Waals surface area (Å²) in [7, 11) is 3.44. The van der Waals surface area contributed by atoms with Gasteiger partial charge in [0.25, 0.3) is 0 Å². The third-order valence-electron chi connectivity index (χ3n) is 4.16. The first-order valence-electron chi connectivity index (χ1n) is 8.43. The van der Waals surface area contributed by atoms with Crippen molar-refractivity contribution in [2.24, 2.45) is 4.99 Å². The molecule has 0 bridgehead atoms. The number of guanidine groups is 1. The molecule has 6 heteroatoms. The van der Waals surface area contributed by atoms with Crippen molar-refractivity contribution in [2.75, 3.05) is 33.8 Å². The second kappa shape index (κ2) is 9.35. The summed E-state index contributed by atoms with van der Waals surface area (Å²) in [5, 5.41) is 6.88. The lowest BCUT2D eigenvalue weighted by atomic mass is 10.1. The summed E-state index contributed by atoms with van der Waals surface area (Å²) < 4.78 is 5.07. The minimum absolute atomic E-state index is 0.503. The number of methoxy groups -OCH3 is 1. The summed E-state index contributed by atoms with van der Waals surface area (Å²) in [5.74, 6) is 1.49. The SMILES string of the molecule is CCCN1CCC(NC(=NC)NCc2ccc(OC)nc2)CC1. The van der Waals surface area contributed by atoms with Crippen molar-refractivity contribution in [1.29, 1.82) is 0 Å². The van der Waals surface area contributed by atoms with Crippen LogP contribution in [0.5, 0.6) is 5.88 Å². The fraction of sp³-hybridized carbons (Fsp3) is 0.647. The van der Waals surface area contributed by atoms with Gasteiger partial charge in [-0.15, -0.1) is 0 Å². The Balaban J connectivity index is 1.75. The Kier molecular flexibility index (Phi) is 7.13. The quantitative estimate of drug-likeness (QED) is 0.616. The van der Waals surface area contributed by atoms with Gasteiger partial charge in [0, 0.05) is 45.0 Å². The fourth-order valence-corrected chi connectivity index (χ4v) is 2.83. The van der Waals surface area contributed by atoms with Crippen molar-refractivity contribution in [2.45, 2.75) is 38.8 Å². The first-order valence-corrected chi connectivity index (χ1v) is 8.43. The number of likely N-dealkylation sites (tertiary alicyclic amines) is 1. The number of piperidine rings is 1. The highest BCUT2D eigenvalue weighted by Gasteiger charge is 2.19. The van der Waals surface area contributed by atoms with E-state index in [0.717, 1.165) is 11.5 Å². The van der Waals surface area contributed by atoms with Gasteiger partial charge in [0.2, 0.25) is 5.88 Å². The van der Waals surface area contributed by atoms with E-state index in [0.29, 0.717) is 18.5 Å². The normalized spacial score (nSPS) is 17.1. The first-order chi connectivity index (χ1) is 11.2. The average molecular weight is 319 g/mol. The van der Waals surface area contributed by atoms with Crippen LogP contribution in [0.15, 0.2) is 23.3 Å². The molecular weight excluding hydrogens is 290 g/mol. The molecule has 0 radical (unpaired) electrons. The third kappa shape index (κ3) is 5.71. The van der Waals surface area contributed by atoms with E-state index < -0.39 is 0 Å². The van der Waals surface area contributed by atoms with Gasteiger partial charge in [-0.2, -0.15) is 0 Å². The molecule has 1 aromatic heterocycles. The van der Waals surface area contributed by atoms with Crippen LogP contribution in [0.25, 0.3) is 0 Å². The Bertz CT molecular complexity index is 480. The highest BCUT2D eigenvalue weighted by atomic mass is 16.5. The van der Waals surface area contributed by atoms with Crippen LogP contribution in [0.4, 0.5) is 0 Å². The summed E-state index contributed by atoms with van der Waals surface area (Å²) in [4.78, 5) is 11.1. The van der Waals surface area contributed by atoms with Crippen molar-refractivity contribution >= 4 is 5.96 Å². The van der Waals surface area contributed by atoms with Crippen molar-refractivity contribution < 1.29 is 4.74 Å². The van der Waals surface area contributed by atoms with E-state index >= 15 is 0 Å². The van der Waals surface area contributed by atoms with Gasteiger partial charge in [-0.3, -0.25) is 4.99 Å². The molecule has 0 atom stereocenters. The van der Waals surface area contributed by atoms with Gasteiger partial charge < -0.3 is 20.3 Å². The van der Waals surface area contributed by atoms with Crippen LogP contribution >= 0.6 is 0 Å². The molecule has 2 heterocycles. The number of nitrogens with one attached hydrogen (secondary N) is 2. The van der Waals surface area contributed by atoms with Gasteiger partial charge in [-0.05, 0) is 31.4 Å². The average Bonchev–Trinajstić information content (AvgIpc) is 2.60. The zero-order chi connectivity index (χ0) is 16.5. The Hall–Kier alpha value is -1.82. The highest BCUT2D eigenvalue weighted by Crippen LogP contribution is 2.10. The second-order valence-electron chi connectivity index (χ2n) is 5.89. The number of aliphatic imine (C=N–C) groups is 1. The molecular formula is C17H29N5O. The van der Waals surface area contributed by atoms with E-state index in [-0.39, 0.29) is 0 Å². The van der Waals surface area contributed by atoms with E-state index in [2.05, 4.69) is 32.4 Å². The Morgan fingerprint density at radius 1 is 1.39 bits per heavy atom. The van der Waals surface area contributed by atoms with Gasteiger partial charge in [-0.25, -0.2) is 4.98 Å². The first kappa shape index (κ1) is 17.5. The maximum absolute atomic E-state index is 5.07. The minimum atomic E-state index is 0.503. The zero-order valence-corrected chi connectivity index (χ0v) is 14.5. The van der Waals surface area contributed by atoms with Crippen molar-refractivity contribution in [3.8, 4) is 5.88 Å². The van der Waals surface area contributed by atoms with Gasteiger partial charge in [0.15, 0.2) is 5.96 Å². The molecule has 1 saturated heterocycles. The third-order valence-corrected chi connectivity index (χ3v) is 4.16. The van der Waals surface area contributed by atoms with E-state index in [1.165, 1.54) is 38.9 Å². The van der Waals surface area contributed by atoms with E-state index in [1.807, 2.05) is 25.4 Å². The van der Waals surface area contributed by atoms with Crippen LogP contribution in [0.3, 0.4) is 0 Å². The molecule has 1 fully saturated rings. The molecule has 1 aromatic rings. The van der Waals surface area contributed by atoms with Crippen molar-refractivity contribution in [3.05, 3.63) is 23.9 Å². The lowest BCUT2D eigenvalue weighted by Crippen LogP contribution is -2.48. The molecule has 23 heavy (non-hydrogen) atoms. The maximum atomic E-state index is 5.07. The molecule has 1 aliphatic heterocycles. The summed E-state index contributed by atoms with van der Waals surface area (Å²) in [5.41, 5.74) is 1.10. The molecule has 0 spiro atoms. The van der Waals surface area contributed by atoms with Gasteiger partial charge in [-0.1, -0.05) is 13.0 Å². The summed E-state index contributed by atoms with van der Waals surface area (Å²) in [6, 6.07) is 4.38. The molecule has 128 valence electrons.